The van der Waals surface area contributed by atoms with Crippen molar-refractivity contribution in [3.63, 3.8) is 0 Å². The maximum absolute atomic E-state index is 11.2. The second kappa shape index (κ2) is 6.50. The van der Waals surface area contributed by atoms with Gasteiger partial charge in [-0.2, -0.15) is 17.0 Å². The van der Waals surface area contributed by atoms with Gasteiger partial charge >= 0.3 is 5.97 Å². The molecule has 0 spiro atoms. The SMILES string of the molecule is COC(=O)CC1(CSCC(=O)NCC#N)CC1. The summed E-state index contributed by atoms with van der Waals surface area (Å²) in [5.41, 5.74) is 0.0489. The number of esters is 1. The van der Waals surface area contributed by atoms with Gasteiger partial charge in [-0.1, -0.05) is 0 Å². The number of nitriles is 1. The number of nitrogens with one attached hydrogen (secondary N) is 1. The van der Waals surface area contributed by atoms with Crippen molar-refractivity contribution in [2.75, 3.05) is 25.2 Å². The van der Waals surface area contributed by atoms with Crippen LogP contribution in [-0.2, 0) is 14.3 Å². The Morgan fingerprint density at radius 2 is 2.24 bits per heavy atom. The Morgan fingerprint density at radius 1 is 1.53 bits per heavy atom. The van der Waals surface area contributed by atoms with Gasteiger partial charge < -0.3 is 10.1 Å². The number of amides is 1. The molecular formula is C11H16N2O3S. The Bertz CT molecular complexity index is 334. The number of rotatable bonds is 7. The van der Waals surface area contributed by atoms with Crippen molar-refractivity contribution in [2.45, 2.75) is 19.3 Å². The monoisotopic (exact) mass is 256 g/mol. The molecule has 0 unspecified atom stereocenters. The van der Waals surface area contributed by atoms with E-state index in [0.717, 1.165) is 18.6 Å². The van der Waals surface area contributed by atoms with Gasteiger partial charge in [-0.05, 0) is 24.0 Å². The van der Waals surface area contributed by atoms with Crippen LogP contribution in [0.4, 0.5) is 0 Å². The fourth-order valence-corrected chi connectivity index (χ4v) is 2.69. The minimum Gasteiger partial charge on any atom is -0.469 e. The van der Waals surface area contributed by atoms with Crippen LogP contribution >= 0.6 is 11.8 Å². The molecule has 1 N–H and O–H groups in total. The van der Waals surface area contributed by atoms with Crippen LogP contribution in [0.1, 0.15) is 19.3 Å². The van der Waals surface area contributed by atoms with Gasteiger partial charge in [-0.15, -0.1) is 0 Å². The Hall–Kier alpha value is -1.22. The lowest BCUT2D eigenvalue weighted by Gasteiger charge is -2.12. The smallest absolute Gasteiger partial charge is 0.306 e. The van der Waals surface area contributed by atoms with Crippen molar-refractivity contribution in [3.05, 3.63) is 0 Å². The topological polar surface area (TPSA) is 79.2 Å². The van der Waals surface area contributed by atoms with Crippen molar-refractivity contribution in [3.8, 4) is 6.07 Å². The molecule has 0 radical (unpaired) electrons. The van der Waals surface area contributed by atoms with Crippen LogP contribution in [-0.4, -0.2) is 37.0 Å². The fourth-order valence-electron chi connectivity index (χ4n) is 1.48. The summed E-state index contributed by atoms with van der Waals surface area (Å²) in [6, 6.07) is 1.85. The summed E-state index contributed by atoms with van der Waals surface area (Å²) < 4.78 is 4.64. The van der Waals surface area contributed by atoms with Gasteiger partial charge in [-0.3, -0.25) is 9.59 Å². The predicted molar refractivity (Wildman–Crippen MR) is 64.2 cm³/mol. The maximum atomic E-state index is 11.2. The highest BCUT2D eigenvalue weighted by Crippen LogP contribution is 2.51. The molecule has 1 aliphatic rings. The summed E-state index contributed by atoms with van der Waals surface area (Å²) >= 11 is 1.50. The molecule has 5 nitrogen and oxygen atoms in total. The lowest BCUT2D eigenvalue weighted by atomic mass is 10.1. The zero-order chi connectivity index (χ0) is 12.7. The number of nitrogens with zero attached hydrogens (tertiary/aromatic N) is 1. The number of thioether (sulfide) groups is 1. The van der Waals surface area contributed by atoms with Crippen molar-refractivity contribution in [1.29, 1.82) is 5.26 Å². The number of methoxy groups -OCH3 is 1. The third kappa shape index (κ3) is 5.09. The largest absolute Gasteiger partial charge is 0.469 e. The molecular weight excluding hydrogens is 240 g/mol. The first-order chi connectivity index (χ1) is 8.12. The van der Waals surface area contributed by atoms with Gasteiger partial charge in [0.15, 0.2) is 0 Å². The highest BCUT2D eigenvalue weighted by Gasteiger charge is 2.44. The second-order valence-corrected chi connectivity index (χ2v) is 5.17. The molecule has 1 saturated carbocycles. The van der Waals surface area contributed by atoms with E-state index in [9.17, 15) is 9.59 Å². The van der Waals surface area contributed by atoms with Gasteiger partial charge in [0.2, 0.25) is 5.91 Å². The first kappa shape index (κ1) is 13.8. The summed E-state index contributed by atoms with van der Waals surface area (Å²) in [5.74, 6) is 0.814. The summed E-state index contributed by atoms with van der Waals surface area (Å²) in [5, 5.41) is 10.8. The van der Waals surface area contributed by atoms with E-state index in [-0.39, 0.29) is 23.8 Å². The lowest BCUT2D eigenvalue weighted by molar-refractivity contribution is -0.141. The van der Waals surface area contributed by atoms with Gasteiger partial charge in [0.25, 0.3) is 0 Å². The first-order valence-corrected chi connectivity index (χ1v) is 6.55. The van der Waals surface area contributed by atoms with Crippen LogP contribution in [0.2, 0.25) is 0 Å². The Morgan fingerprint density at radius 3 is 2.76 bits per heavy atom. The van der Waals surface area contributed by atoms with E-state index >= 15 is 0 Å². The molecule has 0 heterocycles. The van der Waals surface area contributed by atoms with E-state index < -0.39 is 0 Å². The fraction of sp³-hybridized carbons (Fsp3) is 0.727. The molecule has 1 rings (SSSR count). The molecule has 1 aliphatic carbocycles. The second-order valence-electron chi connectivity index (χ2n) is 4.18. The number of ether oxygens (including phenoxy) is 1. The van der Waals surface area contributed by atoms with E-state index in [1.165, 1.54) is 18.9 Å². The van der Waals surface area contributed by atoms with Gasteiger partial charge in [0.1, 0.15) is 6.54 Å². The van der Waals surface area contributed by atoms with E-state index in [2.05, 4.69) is 10.1 Å². The normalized spacial score (nSPS) is 15.8. The van der Waals surface area contributed by atoms with Gasteiger partial charge in [0.05, 0.1) is 25.4 Å². The van der Waals surface area contributed by atoms with Crippen LogP contribution in [0.5, 0.6) is 0 Å². The van der Waals surface area contributed by atoms with E-state index in [1.54, 1.807) is 0 Å². The Kier molecular flexibility index (Phi) is 5.29. The molecule has 0 bridgehead atoms. The standard InChI is InChI=1S/C11H16N2O3S/c1-16-10(15)6-11(2-3-11)8-17-7-9(14)13-5-4-12/h2-3,5-8H2,1H3,(H,13,14). The van der Waals surface area contributed by atoms with Crippen LogP contribution in [0, 0.1) is 16.7 Å². The Labute approximate surface area is 105 Å². The molecule has 0 saturated heterocycles. The summed E-state index contributed by atoms with van der Waals surface area (Å²) in [6.45, 7) is 0.0483. The zero-order valence-electron chi connectivity index (χ0n) is 9.82. The van der Waals surface area contributed by atoms with E-state index in [4.69, 9.17) is 5.26 Å². The van der Waals surface area contributed by atoms with Crippen molar-refractivity contribution < 1.29 is 14.3 Å². The zero-order valence-corrected chi connectivity index (χ0v) is 10.6. The highest BCUT2D eigenvalue weighted by atomic mass is 32.2. The van der Waals surface area contributed by atoms with Gasteiger partial charge in [-0.25, -0.2) is 0 Å². The van der Waals surface area contributed by atoms with E-state index in [1.807, 2.05) is 6.07 Å². The molecule has 0 aromatic heterocycles. The quantitative estimate of drug-likeness (QED) is 0.536. The summed E-state index contributed by atoms with van der Waals surface area (Å²) in [7, 11) is 1.39. The average Bonchev–Trinajstić information content (AvgIpc) is 3.06. The molecule has 94 valence electrons. The van der Waals surface area contributed by atoms with Crippen molar-refractivity contribution in [1.82, 2.24) is 5.32 Å². The highest BCUT2D eigenvalue weighted by molar-refractivity contribution is 7.99. The summed E-state index contributed by atoms with van der Waals surface area (Å²) in [6.07, 6.45) is 2.49. The third-order valence-electron chi connectivity index (χ3n) is 2.71. The third-order valence-corrected chi connectivity index (χ3v) is 3.99. The number of carbonyl (C=O) groups excluding carboxylic acids is 2. The molecule has 0 aromatic rings. The summed E-state index contributed by atoms with van der Waals surface area (Å²) in [4.78, 5) is 22.4. The molecule has 17 heavy (non-hydrogen) atoms. The van der Waals surface area contributed by atoms with Gasteiger partial charge in [0, 0.05) is 0 Å². The van der Waals surface area contributed by atoms with Crippen molar-refractivity contribution >= 4 is 23.6 Å². The molecule has 1 fully saturated rings. The number of hydrogen-bond acceptors (Lipinski definition) is 5. The predicted octanol–water partition coefficient (Wildman–Crippen LogP) is 0.703. The maximum Gasteiger partial charge on any atom is 0.306 e. The first-order valence-electron chi connectivity index (χ1n) is 5.40. The Balaban J connectivity index is 2.16. The minimum atomic E-state index is -0.183. The lowest BCUT2D eigenvalue weighted by Crippen LogP contribution is -2.26. The van der Waals surface area contributed by atoms with Crippen LogP contribution in [0.3, 0.4) is 0 Å². The van der Waals surface area contributed by atoms with Crippen LogP contribution in [0.15, 0.2) is 0 Å². The van der Waals surface area contributed by atoms with E-state index in [0.29, 0.717) is 12.2 Å². The van der Waals surface area contributed by atoms with Crippen LogP contribution < -0.4 is 5.32 Å². The molecule has 6 heteroatoms. The molecule has 0 aromatic carbocycles. The van der Waals surface area contributed by atoms with Crippen molar-refractivity contribution in [2.24, 2.45) is 5.41 Å². The molecule has 0 aliphatic heterocycles. The molecule has 0 atom stereocenters. The average molecular weight is 256 g/mol. The molecule has 1 amide bonds. The van der Waals surface area contributed by atoms with Crippen LogP contribution in [0.25, 0.3) is 0 Å². The number of carbonyl (C=O) groups is 2. The minimum absolute atomic E-state index is 0.0483. The number of hydrogen-bond donors (Lipinski definition) is 1.